The van der Waals surface area contributed by atoms with Crippen molar-refractivity contribution < 1.29 is 9.53 Å². The molecule has 1 aromatic carbocycles. The lowest BCUT2D eigenvalue weighted by molar-refractivity contribution is 0.132. The van der Waals surface area contributed by atoms with Crippen molar-refractivity contribution in [3.05, 3.63) is 34.3 Å². The number of halogens is 1. The van der Waals surface area contributed by atoms with Crippen LogP contribution in [-0.2, 0) is 4.74 Å². The maximum atomic E-state index is 11.5. The molecule has 0 bridgehead atoms. The first-order valence-electron chi connectivity index (χ1n) is 6.25. The van der Waals surface area contributed by atoms with E-state index in [4.69, 9.17) is 4.74 Å². The number of rotatable bonds is 4. The van der Waals surface area contributed by atoms with Gasteiger partial charge in [-0.15, -0.1) is 0 Å². The van der Waals surface area contributed by atoms with Crippen LogP contribution in [0.15, 0.2) is 28.7 Å². The molecular formula is C14H18BrNO2. The van der Waals surface area contributed by atoms with E-state index in [1.165, 1.54) is 5.56 Å². The van der Waals surface area contributed by atoms with Gasteiger partial charge >= 0.3 is 6.09 Å². The summed E-state index contributed by atoms with van der Waals surface area (Å²) in [4.78, 5) is 11.5. The molecule has 1 aliphatic carbocycles. The number of hydrogen-bond donors (Lipinski definition) is 1. The molecular weight excluding hydrogens is 294 g/mol. The smallest absolute Gasteiger partial charge is 0.407 e. The minimum Gasteiger partial charge on any atom is -0.449 e. The van der Waals surface area contributed by atoms with Gasteiger partial charge in [0.15, 0.2) is 0 Å². The Morgan fingerprint density at radius 2 is 2.11 bits per heavy atom. The molecule has 1 N–H and O–H groups in total. The molecule has 0 aromatic heterocycles. The number of nitrogens with one attached hydrogen (secondary N) is 1. The van der Waals surface area contributed by atoms with E-state index in [0.29, 0.717) is 18.4 Å². The van der Waals surface area contributed by atoms with Crippen LogP contribution in [0.4, 0.5) is 4.79 Å². The molecule has 0 radical (unpaired) electrons. The summed E-state index contributed by atoms with van der Waals surface area (Å²) in [6.45, 7) is 4.52. The Hall–Kier alpha value is -1.03. The van der Waals surface area contributed by atoms with Gasteiger partial charge in [-0.25, -0.2) is 4.79 Å². The van der Waals surface area contributed by atoms with Crippen LogP contribution >= 0.6 is 15.9 Å². The summed E-state index contributed by atoms with van der Waals surface area (Å²) >= 11 is 3.41. The topological polar surface area (TPSA) is 38.3 Å². The van der Waals surface area contributed by atoms with Gasteiger partial charge < -0.3 is 10.1 Å². The summed E-state index contributed by atoms with van der Waals surface area (Å²) in [5.74, 6) is 0.807. The molecule has 2 rings (SSSR count). The number of carbonyl (C=O) groups is 1. The number of ether oxygens (including phenoxy) is 1. The number of hydrogen-bond acceptors (Lipinski definition) is 2. The Kier molecular flexibility index (Phi) is 4.27. The summed E-state index contributed by atoms with van der Waals surface area (Å²) in [6, 6.07) is 8.47. The molecule has 1 aliphatic rings. The van der Waals surface area contributed by atoms with Crippen molar-refractivity contribution in [2.45, 2.75) is 32.2 Å². The molecule has 2 atom stereocenters. The molecule has 4 heteroatoms. The third-order valence-electron chi connectivity index (χ3n) is 2.94. The maximum Gasteiger partial charge on any atom is 0.407 e. The first-order chi connectivity index (χ1) is 8.56. The van der Waals surface area contributed by atoms with E-state index in [-0.39, 0.29) is 12.1 Å². The number of carbonyl (C=O) groups excluding carboxylic acids is 1. The molecule has 2 unspecified atom stereocenters. The van der Waals surface area contributed by atoms with E-state index in [0.717, 1.165) is 10.9 Å². The second-order valence-electron chi connectivity index (χ2n) is 5.14. The minimum atomic E-state index is -0.298. The highest BCUT2D eigenvalue weighted by molar-refractivity contribution is 9.10. The summed E-state index contributed by atoms with van der Waals surface area (Å²) in [7, 11) is 0. The maximum absolute atomic E-state index is 11.5. The molecule has 18 heavy (non-hydrogen) atoms. The zero-order valence-corrected chi connectivity index (χ0v) is 12.2. The van der Waals surface area contributed by atoms with E-state index < -0.39 is 0 Å². The van der Waals surface area contributed by atoms with Crippen molar-refractivity contribution in [1.29, 1.82) is 0 Å². The average molecular weight is 312 g/mol. The van der Waals surface area contributed by atoms with Crippen molar-refractivity contribution in [3.63, 3.8) is 0 Å². The summed E-state index contributed by atoms with van der Waals surface area (Å²) in [5.41, 5.74) is 1.27. The highest BCUT2D eigenvalue weighted by Crippen LogP contribution is 2.41. The van der Waals surface area contributed by atoms with Crippen LogP contribution < -0.4 is 5.32 Å². The molecule has 0 spiro atoms. The van der Waals surface area contributed by atoms with Crippen molar-refractivity contribution in [3.8, 4) is 0 Å². The van der Waals surface area contributed by atoms with Crippen LogP contribution in [0.2, 0.25) is 0 Å². The van der Waals surface area contributed by atoms with E-state index in [1.807, 2.05) is 26.0 Å². The molecule has 0 aliphatic heterocycles. The van der Waals surface area contributed by atoms with Gasteiger partial charge in [0, 0.05) is 16.4 Å². The third-order valence-corrected chi connectivity index (χ3v) is 3.47. The Morgan fingerprint density at radius 3 is 2.72 bits per heavy atom. The van der Waals surface area contributed by atoms with Crippen LogP contribution in [-0.4, -0.2) is 18.7 Å². The molecule has 1 fully saturated rings. The van der Waals surface area contributed by atoms with Crippen molar-refractivity contribution in [2.75, 3.05) is 6.61 Å². The van der Waals surface area contributed by atoms with E-state index in [1.54, 1.807) is 0 Å². The Bertz CT molecular complexity index is 416. The van der Waals surface area contributed by atoms with Gasteiger partial charge in [0.1, 0.15) is 0 Å². The van der Waals surface area contributed by atoms with Gasteiger partial charge in [-0.1, -0.05) is 41.9 Å². The second kappa shape index (κ2) is 5.74. The average Bonchev–Trinajstić information content (AvgIpc) is 3.07. The van der Waals surface area contributed by atoms with Crippen LogP contribution in [0.5, 0.6) is 0 Å². The molecule has 0 heterocycles. The van der Waals surface area contributed by atoms with Crippen LogP contribution in [0.25, 0.3) is 0 Å². The van der Waals surface area contributed by atoms with Gasteiger partial charge in [0.25, 0.3) is 0 Å². The van der Waals surface area contributed by atoms with E-state index in [2.05, 4.69) is 33.4 Å². The Morgan fingerprint density at radius 1 is 1.44 bits per heavy atom. The summed E-state index contributed by atoms with van der Waals surface area (Å²) in [6.07, 6.45) is 0.701. The summed E-state index contributed by atoms with van der Waals surface area (Å²) in [5, 5.41) is 2.90. The van der Waals surface area contributed by atoms with Crippen LogP contribution in [0.3, 0.4) is 0 Å². The van der Waals surface area contributed by atoms with E-state index in [9.17, 15) is 4.79 Å². The predicted octanol–water partition coefficient (Wildman–Crippen LogP) is 3.69. The molecule has 98 valence electrons. The lowest BCUT2D eigenvalue weighted by Gasteiger charge is -2.08. The molecule has 1 aromatic rings. The zero-order chi connectivity index (χ0) is 13.1. The van der Waals surface area contributed by atoms with Gasteiger partial charge in [0.05, 0.1) is 6.61 Å². The van der Waals surface area contributed by atoms with Gasteiger partial charge in [-0.05, 0) is 30.0 Å². The first-order valence-corrected chi connectivity index (χ1v) is 7.04. The number of alkyl carbamates (subject to hydrolysis) is 1. The van der Waals surface area contributed by atoms with Crippen LogP contribution in [0.1, 0.15) is 31.7 Å². The fourth-order valence-corrected chi connectivity index (χ4v) is 2.13. The predicted molar refractivity (Wildman–Crippen MR) is 74.6 cm³/mol. The third kappa shape index (κ3) is 3.73. The van der Waals surface area contributed by atoms with Gasteiger partial charge in [-0.2, -0.15) is 0 Å². The Labute approximate surface area is 116 Å². The lowest BCUT2D eigenvalue weighted by atomic mass is 10.1. The quantitative estimate of drug-likeness (QED) is 0.921. The largest absolute Gasteiger partial charge is 0.449 e. The molecule has 1 amide bonds. The lowest BCUT2D eigenvalue weighted by Crippen LogP contribution is -2.28. The van der Waals surface area contributed by atoms with E-state index >= 15 is 0 Å². The fourth-order valence-electron chi connectivity index (χ4n) is 1.87. The monoisotopic (exact) mass is 311 g/mol. The Balaban J connectivity index is 1.77. The standard InChI is InChI=1S/C14H18BrNO2/c1-9(2)8-18-14(17)16-13-7-12(13)10-3-5-11(15)6-4-10/h3-6,9,12-13H,7-8H2,1-2H3,(H,16,17). The second-order valence-corrected chi connectivity index (χ2v) is 6.05. The van der Waals surface area contributed by atoms with Crippen molar-refractivity contribution >= 4 is 22.0 Å². The number of benzene rings is 1. The minimum absolute atomic E-state index is 0.228. The van der Waals surface area contributed by atoms with Crippen LogP contribution in [0, 0.1) is 5.92 Å². The SMILES string of the molecule is CC(C)COC(=O)NC1CC1c1ccc(Br)cc1. The molecule has 0 saturated heterocycles. The summed E-state index contributed by atoms with van der Waals surface area (Å²) < 4.78 is 6.18. The first kappa shape index (κ1) is 13.4. The highest BCUT2D eigenvalue weighted by atomic mass is 79.9. The zero-order valence-electron chi connectivity index (χ0n) is 10.7. The fraction of sp³-hybridized carbons (Fsp3) is 0.500. The molecule has 3 nitrogen and oxygen atoms in total. The molecule has 1 saturated carbocycles. The van der Waals surface area contributed by atoms with Gasteiger partial charge in [-0.3, -0.25) is 0 Å². The highest BCUT2D eigenvalue weighted by Gasteiger charge is 2.39. The van der Waals surface area contributed by atoms with Crippen molar-refractivity contribution in [2.24, 2.45) is 5.92 Å². The van der Waals surface area contributed by atoms with Gasteiger partial charge in [0.2, 0.25) is 0 Å². The van der Waals surface area contributed by atoms with Crippen molar-refractivity contribution in [1.82, 2.24) is 5.32 Å². The number of amides is 1. The normalized spacial score (nSPS) is 21.8.